The molecule has 0 aliphatic heterocycles. The topological polar surface area (TPSA) is 9.86 Å². The largest absolute Gasteiger partial charge is 0.340 e. The summed E-state index contributed by atoms with van der Waals surface area (Å²) in [5.41, 5.74) is 8.64. The number of hydrogen-bond acceptors (Lipinski definition) is 0. The van der Waals surface area contributed by atoms with E-state index in [0.29, 0.717) is 0 Å². The van der Waals surface area contributed by atoms with Crippen molar-refractivity contribution in [2.75, 3.05) is 0 Å². The maximum atomic E-state index is 2.54. The molecule has 0 atom stereocenters. The monoisotopic (exact) mass is 368 g/mol. The van der Waals surface area contributed by atoms with Crippen LogP contribution in [0.3, 0.4) is 0 Å². The van der Waals surface area contributed by atoms with Crippen molar-refractivity contribution < 1.29 is 0 Å². The Hall–Kier alpha value is -2.74. The summed E-state index contributed by atoms with van der Waals surface area (Å²) in [6, 6.07) is 17.9. The van der Waals surface area contributed by atoms with Gasteiger partial charge in [0.2, 0.25) is 0 Å². The number of fused-ring (bicyclic) bond motifs is 6. The molecule has 5 aromatic rings. The maximum absolute atomic E-state index is 2.54. The minimum Gasteiger partial charge on any atom is -0.340 e. The number of nitrogens with zero attached hydrogens (tertiary/aromatic N) is 2. The SMILES string of the molecule is CCc1c2c3ccccc3n(CC)c2c(CC)c2c1c1ccccc1n2CC. The molecule has 2 heterocycles. The Labute approximate surface area is 166 Å². The minimum absolute atomic E-state index is 0.998. The van der Waals surface area contributed by atoms with E-state index in [1.54, 1.807) is 0 Å². The van der Waals surface area contributed by atoms with E-state index in [-0.39, 0.29) is 0 Å². The van der Waals surface area contributed by atoms with Crippen LogP contribution in [-0.4, -0.2) is 9.13 Å². The van der Waals surface area contributed by atoms with Crippen LogP contribution in [0.1, 0.15) is 38.8 Å². The fourth-order valence-corrected chi connectivity index (χ4v) is 5.43. The molecule has 5 rings (SSSR count). The van der Waals surface area contributed by atoms with E-state index in [0.717, 1.165) is 25.9 Å². The van der Waals surface area contributed by atoms with E-state index in [9.17, 15) is 0 Å². The van der Waals surface area contributed by atoms with Gasteiger partial charge >= 0.3 is 0 Å². The van der Waals surface area contributed by atoms with E-state index in [2.05, 4.69) is 85.4 Å². The van der Waals surface area contributed by atoms with Crippen molar-refractivity contribution in [3.63, 3.8) is 0 Å². The second-order valence-corrected chi connectivity index (χ2v) is 7.63. The van der Waals surface area contributed by atoms with Gasteiger partial charge in [0.15, 0.2) is 0 Å². The Morgan fingerprint density at radius 1 is 0.571 bits per heavy atom. The predicted octanol–water partition coefficient (Wildman–Crippen LogP) is 7.07. The first-order chi connectivity index (χ1) is 13.8. The molecule has 2 nitrogen and oxygen atoms in total. The molecule has 0 bridgehead atoms. The highest BCUT2D eigenvalue weighted by atomic mass is 15.0. The average Bonchev–Trinajstić information content (AvgIpc) is 3.25. The summed E-state index contributed by atoms with van der Waals surface area (Å²) in [6.45, 7) is 11.2. The van der Waals surface area contributed by atoms with Crippen LogP contribution in [0.4, 0.5) is 0 Å². The van der Waals surface area contributed by atoms with Gasteiger partial charge in [-0.15, -0.1) is 0 Å². The Balaban J connectivity index is 2.21. The molecule has 0 N–H and O–H groups in total. The molecule has 0 aliphatic rings. The van der Waals surface area contributed by atoms with Gasteiger partial charge < -0.3 is 9.13 Å². The minimum atomic E-state index is 0.998. The van der Waals surface area contributed by atoms with Crippen LogP contribution in [-0.2, 0) is 25.9 Å². The lowest BCUT2D eigenvalue weighted by Crippen LogP contribution is -2.02. The molecule has 0 radical (unpaired) electrons. The zero-order valence-corrected chi connectivity index (χ0v) is 17.3. The molecule has 28 heavy (non-hydrogen) atoms. The summed E-state index contributed by atoms with van der Waals surface area (Å²) >= 11 is 0. The highest BCUT2D eigenvalue weighted by Crippen LogP contribution is 2.43. The molecule has 2 aromatic heterocycles. The third kappa shape index (κ3) is 2.03. The Bertz CT molecular complexity index is 1250. The van der Waals surface area contributed by atoms with Gasteiger partial charge in [-0.25, -0.2) is 0 Å². The lowest BCUT2D eigenvalue weighted by Gasteiger charge is -2.15. The van der Waals surface area contributed by atoms with Crippen LogP contribution in [0.5, 0.6) is 0 Å². The first kappa shape index (κ1) is 17.4. The number of aryl methyl sites for hydroxylation is 4. The molecule has 0 fully saturated rings. The van der Waals surface area contributed by atoms with Gasteiger partial charge in [0.25, 0.3) is 0 Å². The zero-order chi connectivity index (χ0) is 19.4. The van der Waals surface area contributed by atoms with E-state index >= 15 is 0 Å². The maximum Gasteiger partial charge on any atom is 0.0547 e. The average molecular weight is 369 g/mol. The molecule has 0 saturated carbocycles. The summed E-state index contributed by atoms with van der Waals surface area (Å²) in [7, 11) is 0. The first-order valence-corrected chi connectivity index (χ1v) is 10.7. The molecule has 0 amide bonds. The van der Waals surface area contributed by atoms with Gasteiger partial charge in [-0.1, -0.05) is 50.2 Å². The quantitative estimate of drug-likeness (QED) is 0.321. The van der Waals surface area contributed by atoms with E-state index in [1.807, 2.05) is 0 Å². The summed E-state index contributed by atoms with van der Waals surface area (Å²) in [5, 5.41) is 5.76. The highest BCUT2D eigenvalue weighted by molar-refractivity contribution is 6.22. The zero-order valence-electron chi connectivity index (χ0n) is 17.3. The second-order valence-electron chi connectivity index (χ2n) is 7.63. The van der Waals surface area contributed by atoms with Crippen LogP contribution in [0, 0.1) is 0 Å². The van der Waals surface area contributed by atoms with Gasteiger partial charge in [0.1, 0.15) is 0 Å². The molecule has 3 aromatic carbocycles. The first-order valence-electron chi connectivity index (χ1n) is 10.7. The predicted molar refractivity (Wildman–Crippen MR) is 123 cm³/mol. The van der Waals surface area contributed by atoms with Crippen LogP contribution in [0.25, 0.3) is 43.6 Å². The van der Waals surface area contributed by atoms with Gasteiger partial charge in [0.05, 0.1) is 11.0 Å². The number of rotatable bonds is 4. The van der Waals surface area contributed by atoms with Crippen molar-refractivity contribution >= 4 is 43.6 Å². The molecular formula is C26H28N2. The summed E-state index contributed by atoms with van der Waals surface area (Å²) in [6.07, 6.45) is 2.09. The normalized spacial score (nSPS) is 12.1. The second kappa shape index (κ2) is 6.41. The standard InChI is InChI=1S/C26H28N2/c1-5-17-23-19-13-9-11-15-21(19)27(7-3)25(23)18(6-2)26-24(17)20-14-10-12-16-22(20)28(26)8-4/h9-16H,5-8H2,1-4H3. The number of hydrogen-bond donors (Lipinski definition) is 0. The molecule has 0 unspecified atom stereocenters. The van der Waals surface area contributed by atoms with Gasteiger partial charge in [-0.05, 0) is 44.4 Å². The summed E-state index contributed by atoms with van der Waals surface area (Å²) in [5.74, 6) is 0. The molecule has 0 aliphatic carbocycles. The van der Waals surface area contributed by atoms with Crippen molar-refractivity contribution in [2.24, 2.45) is 0 Å². The Morgan fingerprint density at radius 2 is 1.00 bits per heavy atom. The van der Waals surface area contributed by atoms with Crippen LogP contribution in [0.2, 0.25) is 0 Å². The summed E-state index contributed by atoms with van der Waals surface area (Å²) < 4.78 is 5.08. The van der Waals surface area contributed by atoms with Crippen molar-refractivity contribution in [3.05, 3.63) is 59.7 Å². The van der Waals surface area contributed by atoms with Gasteiger partial charge in [-0.2, -0.15) is 0 Å². The van der Waals surface area contributed by atoms with E-state index in [4.69, 9.17) is 0 Å². The lowest BCUT2D eigenvalue weighted by atomic mass is 9.94. The Kier molecular flexibility index (Phi) is 3.97. The third-order valence-corrected chi connectivity index (χ3v) is 6.46. The van der Waals surface area contributed by atoms with Crippen molar-refractivity contribution in [3.8, 4) is 0 Å². The van der Waals surface area contributed by atoms with Crippen LogP contribution < -0.4 is 0 Å². The molecule has 142 valence electrons. The van der Waals surface area contributed by atoms with E-state index in [1.165, 1.54) is 54.7 Å². The molecular weight excluding hydrogens is 340 g/mol. The number of para-hydroxylation sites is 2. The molecule has 0 spiro atoms. The highest BCUT2D eigenvalue weighted by Gasteiger charge is 2.23. The van der Waals surface area contributed by atoms with Crippen molar-refractivity contribution in [2.45, 2.75) is 53.6 Å². The van der Waals surface area contributed by atoms with Gasteiger partial charge in [0, 0.05) is 51.2 Å². The van der Waals surface area contributed by atoms with Crippen molar-refractivity contribution in [1.29, 1.82) is 0 Å². The molecule has 0 saturated heterocycles. The van der Waals surface area contributed by atoms with Crippen LogP contribution >= 0.6 is 0 Å². The van der Waals surface area contributed by atoms with Crippen LogP contribution in [0.15, 0.2) is 48.5 Å². The summed E-state index contributed by atoms with van der Waals surface area (Å²) in [4.78, 5) is 0. The smallest absolute Gasteiger partial charge is 0.0547 e. The fourth-order valence-electron chi connectivity index (χ4n) is 5.43. The third-order valence-electron chi connectivity index (χ3n) is 6.46. The van der Waals surface area contributed by atoms with Crippen molar-refractivity contribution in [1.82, 2.24) is 9.13 Å². The van der Waals surface area contributed by atoms with Gasteiger partial charge in [-0.3, -0.25) is 0 Å². The lowest BCUT2D eigenvalue weighted by molar-refractivity contribution is 0.810. The Morgan fingerprint density at radius 3 is 1.39 bits per heavy atom. The molecule has 2 heteroatoms. The number of benzene rings is 3. The van der Waals surface area contributed by atoms with E-state index < -0.39 is 0 Å². The number of aromatic nitrogens is 2. The fraction of sp³-hybridized carbons (Fsp3) is 0.308.